The molecule has 0 bridgehead atoms. The first-order valence-corrected chi connectivity index (χ1v) is 10.3. The van der Waals surface area contributed by atoms with Crippen LogP contribution in [0.15, 0.2) is 0 Å². The summed E-state index contributed by atoms with van der Waals surface area (Å²) in [4.78, 5) is 19.9. The summed E-state index contributed by atoms with van der Waals surface area (Å²) < 4.78 is 1.95. The maximum Gasteiger partial charge on any atom is 0.274 e. The summed E-state index contributed by atoms with van der Waals surface area (Å²) in [7, 11) is 4.22. The van der Waals surface area contributed by atoms with E-state index in [-0.39, 0.29) is 5.91 Å². The van der Waals surface area contributed by atoms with E-state index in [1.807, 2.05) is 16.6 Å². The summed E-state index contributed by atoms with van der Waals surface area (Å²) in [5.74, 6) is 0.144. The molecule has 0 spiro atoms. The molecule has 0 aromatic carbocycles. The first-order chi connectivity index (χ1) is 12.5. The van der Waals surface area contributed by atoms with E-state index >= 15 is 0 Å². The Morgan fingerprint density at radius 3 is 2.54 bits per heavy atom. The van der Waals surface area contributed by atoms with Crippen LogP contribution in [0.4, 0.5) is 0 Å². The third-order valence-corrected chi connectivity index (χ3v) is 6.31. The standard InChI is InChI=1S/C20H35N5O/c1-5-24(6-2)14-13-22(3)16-9-10-18-17(15-16)19(21-23(18)4)20(26)25-11-7-8-12-25/h16H,5-15H2,1-4H3. The van der Waals surface area contributed by atoms with Crippen molar-refractivity contribution >= 4 is 5.91 Å². The first kappa shape index (κ1) is 19.4. The lowest BCUT2D eigenvalue weighted by Gasteiger charge is -2.33. The van der Waals surface area contributed by atoms with Gasteiger partial charge < -0.3 is 14.7 Å². The highest BCUT2D eigenvalue weighted by atomic mass is 16.2. The van der Waals surface area contributed by atoms with Crippen LogP contribution in [-0.2, 0) is 19.9 Å². The lowest BCUT2D eigenvalue weighted by atomic mass is 9.90. The van der Waals surface area contributed by atoms with Crippen molar-refractivity contribution in [3.8, 4) is 0 Å². The van der Waals surface area contributed by atoms with Crippen molar-refractivity contribution in [3.63, 3.8) is 0 Å². The third-order valence-electron chi connectivity index (χ3n) is 6.31. The lowest BCUT2D eigenvalue weighted by molar-refractivity contribution is 0.0784. The van der Waals surface area contributed by atoms with Gasteiger partial charge in [0.25, 0.3) is 5.91 Å². The molecule has 6 heteroatoms. The molecular formula is C20H35N5O. The average Bonchev–Trinajstić information content (AvgIpc) is 3.30. The summed E-state index contributed by atoms with van der Waals surface area (Å²) in [5, 5.41) is 4.63. The van der Waals surface area contributed by atoms with E-state index in [4.69, 9.17) is 0 Å². The van der Waals surface area contributed by atoms with Crippen LogP contribution in [0.1, 0.15) is 54.9 Å². The molecule has 0 radical (unpaired) electrons. The van der Waals surface area contributed by atoms with Gasteiger partial charge in [0, 0.05) is 50.5 Å². The Hall–Kier alpha value is -1.40. The van der Waals surface area contributed by atoms with Gasteiger partial charge >= 0.3 is 0 Å². The van der Waals surface area contributed by atoms with E-state index in [1.54, 1.807) is 0 Å². The number of nitrogens with zero attached hydrogens (tertiary/aromatic N) is 5. The van der Waals surface area contributed by atoms with Gasteiger partial charge in [-0.3, -0.25) is 9.48 Å². The molecule has 1 aliphatic heterocycles. The molecule has 2 aliphatic rings. The second kappa shape index (κ2) is 8.53. The second-order valence-corrected chi connectivity index (χ2v) is 7.80. The molecule has 2 heterocycles. The van der Waals surface area contributed by atoms with E-state index in [0.717, 1.165) is 71.4 Å². The molecule has 3 rings (SSSR count). The monoisotopic (exact) mass is 361 g/mol. The van der Waals surface area contributed by atoms with Gasteiger partial charge in [-0.1, -0.05) is 13.8 Å². The molecule has 1 atom stereocenters. The number of aromatic nitrogens is 2. The van der Waals surface area contributed by atoms with Crippen LogP contribution in [0.3, 0.4) is 0 Å². The van der Waals surface area contributed by atoms with Crippen molar-refractivity contribution in [1.29, 1.82) is 0 Å². The Morgan fingerprint density at radius 2 is 1.88 bits per heavy atom. The predicted octanol–water partition coefficient (Wildman–Crippen LogP) is 1.79. The zero-order valence-corrected chi connectivity index (χ0v) is 17.0. The minimum atomic E-state index is 0.144. The Balaban J connectivity index is 1.69. The van der Waals surface area contributed by atoms with Gasteiger partial charge in [-0.05, 0) is 52.2 Å². The molecular weight excluding hydrogens is 326 g/mol. The molecule has 1 unspecified atom stereocenters. The Bertz CT molecular complexity index is 616. The number of likely N-dealkylation sites (tertiary alicyclic amines) is 1. The summed E-state index contributed by atoms with van der Waals surface area (Å²) in [6.07, 6.45) is 5.37. The second-order valence-electron chi connectivity index (χ2n) is 7.80. The van der Waals surface area contributed by atoms with Gasteiger partial charge in [0.1, 0.15) is 0 Å². The van der Waals surface area contributed by atoms with Crippen molar-refractivity contribution in [2.45, 2.75) is 52.0 Å². The number of carbonyl (C=O) groups excluding carboxylic acids is 1. The van der Waals surface area contributed by atoms with Gasteiger partial charge in [-0.15, -0.1) is 0 Å². The number of amides is 1. The molecule has 0 saturated carbocycles. The molecule has 0 N–H and O–H groups in total. The predicted molar refractivity (Wildman–Crippen MR) is 105 cm³/mol. The lowest BCUT2D eigenvalue weighted by Crippen LogP contribution is -2.41. The zero-order valence-electron chi connectivity index (χ0n) is 17.0. The SMILES string of the molecule is CCN(CC)CCN(C)C1CCc2c(c(C(=O)N3CCCC3)nn2C)C1. The highest BCUT2D eigenvalue weighted by Crippen LogP contribution is 2.28. The summed E-state index contributed by atoms with van der Waals surface area (Å²) >= 11 is 0. The maximum absolute atomic E-state index is 12.9. The Kier molecular flexibility index (Phi) is 6.35. The summed E-state index contributed by atoms with van der Waals surface area (Å²) in [5.41, 5.74) is 3.18. The van der Waals surface area contributed by atoms with Gasteiger partial charge in [-0.25, -0.2) is 0 Å². The van der Waals surface area contributed by atoms with Crippen LogP contribution >= 0.6 is 0 Å². The fraction of sp³-hybridized carbons (Fsp3) is 0.800. The smallest absolute Gasteiger partial charge is 0.274 e. The van der Waals surface area contributed by atoms with Crippen LogP contribution < -0.4 is 0 Å². The van der Waals surface area contributed by atoms with Gasteiger partial charge in [0.2, 0.25) is 0 Å². The van der Waals surface area contributed by atoms with Crippen molar-refractivity contribution in [2.24, 2.45) is 7.05 Å². The normalized spacial score (nSPS) is 20.2. The van der Waals surface area contributed by atoms with E-state index in [1.165, 1.54) is 11.3 Å². The van der Waals surface area contributed by atoms with Gasteiger partial charge in [0.15, 0.2) is 5.69 Å². The molecule has 146 valence electrons. The van der Waals surface area contributed by atoms with Crippen molar-refractivity contribution in [2.75, 3.05) is 46.3 Å². The fourth-order valence-corrected chi connectivity index (χ4v) is 4.41. The number of fused-ring (bicyclic) bond motifs is 1. The molecule has 1 amide bonds. The highest BCUT2D eigenvalue weighted by Gasteiger charge is 2.32. The van der Waals surface area contributed by atoms with Crippen LogP contribution in [0, 0.1) is 0 Å². The molecule has 1 aromatic heterocycles. The number of hydrogen-bond acceptors (Lipinski definition) is 4. The molecule has 26 heavy (non-hydrogen) atoms. The number of likely N-dealkylation sites (N-methyl/N-ethyl adjacent to an activating group) is 2. The minimum Gasteiger partial charge on any atom is -0.337 e. The van der Waals surface area contributed by atoms with Crippen molar-refractivity contribution in [3.05, 3.63) is 17.0 Å². The largest absolute Gasteiger partial charge is 0.337 e. The molecule has 1 fully saturated rings. The zero-order chi connectivity index (χ0) is 18.7. The van der Waals surface area contributed by atoms with Crippen LogP contribution in [-0.4, -0.2) is 82.7 Å². The highest BCUT2D eigenvalue weighted by molar-refractivity contribution is 5.94. The Morgan fingerprint density at radius 1 is 1.19 bits per heavy atom. The Labute approximate surface area is 158 Å². The topological polar surface area (TPSA) is 44.6 Å². The molecule has 1 aromatic rings. The quantitative estimate of drug-likeness (QED) is 0.743. The summed E-state index contributed by atoms with van der Waals surface area (Å²) in [6, 6.07) is 0.507. The van der Waals surface area contributed by atoms with Crippen LogP contribution in [0.5, 0.6) is 0 Å². The number of aryl methyl sites for hydroxylation is 1. The fourth-order valence-electron chi connectivity index (χ4n) is 4.41. The van der Waals surface area contributed by atoms with E-state index in [0.29, 0.717) is 11.7 Å². The van der Waals surface area contributed by atoms with E-state index < -0.39 is 0 Å². The summed E-state index contributed by atoms with van der Waals surface area (Å²) in [6.45, 7) is 10.6. The van der Waals surface area contributed by atoms with Crippen LogP contribution in [0.2, 0.25) is 0 Å². The maximum atomic E-state index is 12.9. The van der Waals surface area contributed by atoms with Gasteiger partial charge in [0.05, 0.1) is 0 Å². The van der Waals surface area contributed by atoms with Crippen LogP contribution in [0.25, 0.3) is 0 Å². The van der Waals surface area contributed by atoms with Gasteiger partial charge in [-0.2, -0.15) is 5.10 Å². The minimum absolute atomic E-state index is 0.144. The number of hydrogen-bond donors (Lipinski definition) is 0. The van der Waals surface area contributed by atoms with Crippen molar-refractivity contribution < 1.29 is 4.79 Å². The van der Waals surface area contributed by atoms with Crippen molar-refractivity contribution in [1.82, 2.24) is 24.5 Å². The number of carbonyl (C=O) groups is 1. The van der Waals surface area contributed by atoms with E-state index in [2.05, 4.69) is 35.8 Å². The third kappa shape index (κ3) is 3.96. The number of rotatable bonds is 7. The molecule has 1 aliphatic carbocycles. The molecule has 1 saturated heterocycles. The molecule has 6 nitrogen and oxygen atoms in total. The average molecular weight is 362 g/mol. The first-order valence-electron chi connectivity index (χ1n) is 10.3. The van der Waals surface area contributed by atoms with E-state index in [9.17, 15) is 4.79 Å².